The van der Waals surface area contributed by atoms with Crippen molar-refractivity contribution >= 4 is 6.09 Å². The largest absolute Gasteiger partial charge is 0.471 e. The van der Waals surface area contributed by atoms with Crippen molar-refractivity contribution in [1.29, 1.82) is 0 Å². The average molecular weight is 378 g/mol. The van der Waals surface area contributed by atoms with Gasteiger partial charge in [-0.1, -0.05) is 35.5 Å². The highest BCUT2D eigenvalue weighted by Gasteiger charge is 2.38. The lowest BCUT2D eigenvalue weighted by atomic mass is 10.2. The Bertz CT molecular complexity index is 911. The van der Waals surface area contributed by atoms with Crippen LogP contribution in [0.2, 0.25) is 0 Å². The average Bonchev–Trinajstić information content (AvgIpc) is 3.14. The third-order valence-corrected chi connectivity index (χ3v) is 3.41. The molecule has 27 heavy (non-hydrogen) atoms. The first-order chi connectivity index (χ1) is 12.8. The molecule has 0 radical (unpaired) electrons. The van der Waals surface area contributed by atoms with Crippen molar-refractivity contribution in [2.24, 2.45) is 0 Å². The number of ether oxygens (including phenoxy) is 1. The highest BCUT2D eigenvalue weighted by Crippen LogP contribution is 2.29. The van der Waals surface area contributed by atoms with Crippen LogP contribution in [0.25, 0.3) is 11.5 Å². The van der Waals surface area contributed by atoms with Gasteiger partial charge in [0.25, 0.3) is 0 Å². The molecule has 0 aliphatic rings. The van der Waals surface area contributed by atoms with E-state index >= 15 is 0 Å². The summed E-state index contributed by atoms with van der Waals surface area (Å²) in [6.45, 7) is 0.355. The zero-order valence-corrected chi connectivity index (χ0v) is 14.0. The first-order valence-electron chi connectivity index (χ1n) is 7.67. The predicted octanol–water partition coefficient (Wildman–Crippen LogP) is 3.78. The van der Waals surface area contributed by atoms with Crippen LogP contribution < -0.4 is 4.74 Å². The van der Waals surface area contributed by atoms with Crippen LogP contribution in [0.4, 0.5) is 18.0 Å². The summed E-state index contributed by atoms with van der Waals surface area (Å²) in [5, 5.41) is 3.23. The third-order valence-electron chi connectivity index (χ3n) is 3.41. The topological polar surface area (TPSA) is 81.4 Å². The molecule has 10 heteroatoms. The molecular formula is C17H13F3N4O3. The lowest BCUT2D eigenvalue weighted by molar-refractivity contribution is -0.159. The maximum Gasteiger partial charge on any atom is 0.471 e. The van der Waals surface area contributed by atoms with Gasteiger partial charge >= 0.3 is 18.2 Å². The molecule has 0 bridgehead atoms. The minimum atomic E-state index is -4.73. The van der Waals surface area contributed by atoms with Crippen LogP contribution in [-0.2, 0) is 12.7 Å². The SMILES string of the molecule is CN(Cc1ccccc1)C(=O)Oc1ccc(-c2noc(C(F)(F)F)n2)nc1. The predicted molar refractivity (Wildman–Crippen MR) is 86.5 cm³/mol. The summed E-state index contributed by atoms with van der Waals surface area (Å²) in [4.78, 5) is 20.6. The van der Waals surface area contributed by atoms with Crippen molar-refractivity contribution < 1.29 is 27.2 Å². The monoisotopic (exact) mass is 378 g/mol. The summed E-state index contributed by atoms with van der Waals surface area (Å²) < 4.78 is 46.8. The molecule has 0 unspecified atom stereocenters. The molecule has 0 fully saturated rings. The van der Waals surface area contributed by atoms with Crippen LogP contribution in [-0.4, -0.2) is 33.2 Å². The molecule has 0 saturated heterocycles. The molecule has 1 aromatic carbocycles. The second kappa shape index (κ2) is 7.44. The molecule has 0 saturated carbocycles. The summed E-state index contributed by atoms with van der Waals surface area (Å²) in [6, 6.07) is 12.0. The summed E-state index contributed by atoms with van der Waals surface area (Å²) in [5.41, 5.74) is 0.981. The Hall–Kier alpha value is -3.43. The van der Waals surface area contributed by atoms with Crippen LogP contribution in [0.5, 0.6) is 5.75 Å². The number of hydrogen-bond donors (Lipinski definition) is 0. The number of pyridine rings is 1. The lowest BCUT2D eigenvalue weighted by Crippen LogP contribution is -2.29. The van der Waals surface area contributed by atoms with Crippen LogP contribution >= 0.6 is 0 Å². The Morgan fingerprint density at radius 3 is 2.52 bits per heavy atom. The molecular weight excluding hydrogens is 365 g/mol. The first kappa shape index (κ1) is 18.4. The van der Waals surface area contributed by atoms with Gasteiger partial charge in [0, 0.05) is 13.6 Å². The highest BCUT2D eigenvalue weighted by molar-refractivity contribution is 5.70. The van der Waals surface area contributed by atoms with Crippen molar-refractivity contribution in [3.63, 3.8) is 0 Å². The summed E-state index contributed by atoms with van der Waals surface area (Å²) in [7, 11) is 1.58. The van der Waals surface area contributed by atoms with Crippen LogP contribution in [0.1, 0.15) is 11.5 Å². The Kier molecular flexibility index (Phi) is 5.06. The van der Waals surface area contributed by atoms with Crippen molar-refractivity contribution in [3.05, 3.63) is 60.1 Å². The molecule has 0 aliphatic heterocycles. The molecule has 3 rings (SSSR count). The number of amides is 1. The van der Waals surface area contributed by atoms with Crippen molar-refractivity contribution in [3.8, 4) is 17.3 Å². The second-order valence-corrected chi connectivity index (χ2v) is 5.51. The van der Waals surface area contributed by atoms with Crippen LogP contribution in [0, 0.1) is 0 Å². The van der Waals surface area contributed by atoms with Crippen LogP contribution in [0.3, 0.4) is 0 Å². The van der Waals surface area contributed by atoms with E-state index in [0.29, 0.717) is 6.54 Å². The van der Waals surface area contributed by atoms with E-state index in [-0.39, 0.29) is 17.3 Å². The number of rotatable bonds is 4. The molecule has 0 aliphatic carbocycles. The zero-order valence-electron chi connectivity index (χ0n) is 14.0. The Labute approximate surface area is 151 Å². The van der Waals surface area contributed by atoms with E-state index in [1.165, 1.54) is 23.2 Å². The molecule has 2 aromatic heterocycles. The van der Waals surface area contributed by atoms with Gasteiger partial charge in [-0.15, -0.1) is 0 Å². The normalized spacial score (nSPS) is 11.3. The fourth-order valence-electron chi connectivity index (χ4n) is 2.12. The number of carbonyl (C=O) groups is 1. The van der Waals surface area contributed by atoms with Gasteiger partial charge in [0.15, 0.2) is 5.75 Å². The minimum Gasteiger partial charge on any atom is -0.409 e. The molecule has 2 heterocycles. The number of halogens is 3. The van der Waals surface area contributed by atoms with E-state index in [0.717, 1.165) is 5.56 Å². The Morgan fingerprint density at radius 2 is 1.93 bits per heavy atom. The van der Waals surface area contributed by atoms with Crippen molar-refractivity contribution in [1.82, 2.24) is 20.0 Å². The standard InChI is InChI=1S/C17H13F3N4O3/c1-24(10-11-5-3-2-4-6-11)16(25)26-12-7-8-13(21-9-12)14-22-15(27-23-14)17(18,19)20/h2-9H,10H2,1H3. The third kappa shape index (κ3) is 4.60. The molecule has 0 N–H and O–H groups in total. The van der Waals surface area contributed by atoms with Crippen molar-refractivity contribution in [2.45, 2.75) is 12.7 Å². The smallest absolute Gasteiger partial charge is 0.409 e. The van der Waals surface area contributed by atoms with E-state index in [1.54, 1.807) is 7.05 Å². The summed E-state index contributed by atoms with van der Waals surface area (Å²) in [5.74, 6) is -1.65. The maximum atomic E-state index is 12.5. The summed E-state index contributed by atoms with van der Waals surface area (Å²) >= 11 is 0. The number of benzene rings is 1. The number of hydrogen-bond acceptors (Lipinski definition) is 6. The lowest BCUT2D eigenvalue weighted by Gasteiger charge is -2.16. The van der Waals surface area contributed by atoms with Gasteiger partial charge in [-0.2, -0.15) is 18.2 Å². The van der Waals surface area contributed by atoms with Gasteiger partial charge in [0.1, 0.15) is 5.69 Å². The molecule has 1 amide bonds. The van der Waals surface area contributed by atoms with Crippen molar-refractivity contribution in [2.75, 3.05) is 7.05 Å². The van der Waals surface area contributed by atoms with Gasteiger partial charge in [-0.3, -0.25) is 0 Å². The van der Waals surface area contributed by atoms with Gasteiger partial charge in [0.05, 0.1) is 6.20 Å². The molecule has 7 nitrogen and oxygen atoms in total. The molecule has 140 valence electrons. The Balaban J connectivity index is 1.63. The minimum absolute atomic E-state index is 0.0479. The van der Waals surface area contributed by atoms with E-state index in [9.17, 15) is 18.0 Å². The Morgan fingerprint density at radius 1 is 1.19 bits per heavy atom. The van der Waals surface area contributed by atoms with E-state index < -0.39 is 18.2 Å². The highest BCUT2D eigenvalue weighted by atomic mass is 19.4. The van der Waals surface area contributed by atoms with E-state index in [4.69, 9.17) is 4.74 Å². The fraction of sp³-hybridized carbons (Fsp3) is 0.176. The first-order valence-corrected chi connectivity index (χ1v) is 7.67. The molecule has 3 aromatic rings. The fourth-order valence-corrected chi connectivity index (χ4v) is 2.12. The van der Waals surface area contributed by atoms with Gasteiger partial charge < -0.3 is 14.2 Å². The molecule has 0 spiro atoms. The van der Waals surface area contributed by atoms with Crippen LogP contribution in [0.15, 0.2) is 53.2 Å². The zero-order chi connectivity index (χ0) is 19.4. The number of aromatic nitrogens is 3. The quantitative estimate of drug-likeness (QED) is 0.687. The number of carbonyl (C=O) groups excluding carboxylic acids is 1. The van der Waals surface area contributed by atoms with Gasteiger partial charge in [-0.05, 0) is 17.7 Å². The van der Waals surface area contributed by atoms with Gasteiger partial charge in [0.2, 0.25) is 5.82 Å². The van der Waals surface area contributed by atoms with E-state index in [1.807, 2.05) is 30.3 Å². The summed E-state index contributed by atoms with van der Waals surface area (Å²) in [6.07, 6.45) is -4.15. The number of nitrogens with zero attached hydrogens (tertiary/aromatic N) is 4. The molecule has 0 atom stereocenters. The van der Waals surface area contributed by atoms with Gasteiger partial charge in [-0.25, -0.2) is 9.78 Å². The second-order valence-electron chi connectivity index (χ2n) is 5.51. The number of alkyl halides is 3. The maximum absolute atomic E-state index is 12.5. The van der Waals surface area contributed by atoms with E-state index in [2.05, 4.69) is 19.6 Å².